The van der Waals surface area contributed by atoms with E-state index < -0.39 is 34.1 Å². The minimum Gasteiger partial charge on any atom is -0.477 e. The monoisotopic (exact) mass is 440 g/mol. The van der Waals surface area contributed by atoms with Crippen LogP contribution in [0.1, 0.15) is 26.5 Å². The maximum Gasteiger partial charge on any atom is 0.354 e. The number of hydrogen-bond donors (Lipinski definition) is 5. The molecule has 0 aliphatic heterocycles. The van der Waals surface area contributed by atoms with Gasteiger partial charge in [0.25, 0.3) is 22.3 Å². The highest BCUT2D eigenvalue weighted by Crippen LogP contribution is 2.22. The zero-order valence-electron chi connectivity index (χ0n) is 15.9. The van der Waals surface area contributed by atoms with E-state index in [9.17, 15) is 33.5 Å². The summed E-state index contributed by atoms with van der Waals surface area (Å²) in [5.74, 6) is -2.84. The van der Waals surface area contributed by atoms with Crippen LogP contribution >= 0.6 is 0 Å². The molecule has 0 bridgehead atoms. The van der Waals surface area contributed by atoms with Crippen molar-refractivity contribution in [3.63, 3.8) is 0 Å². The fraction of sp³-hybridized carbons (Fsp3) is 0.0526. The molecule has 0 fully saturated rings. The number of halogens is 1. The van der Waals surface area contributed by atoms with Crippen molar-refractivity contribution in [3.8, 4) is 0 Å². The number of aromatic carboxylic acids is 1. The van der Waals surface area contributed by atoms with E-state index in [2.05, 4.69) is 20.7 Å². The van der Waals surface area contributed by atoms with E-state index in [1.165, 1.54) is 12.1 Å². The zero-order chi connectivity index (χ0) is 23.2. The Labute approximate surface area is 175 Å². The maximum atomic E-state index is 14.1. The van der Waals surface area contributed by atoms with Gasteiger partial charge in [0.1, 0.15) is 22.9 Å². The van der Waals surface area contributed by atoms with E-state index in [0.29, 0.717) is 5.56 Å². The van der Waals surface area contributed by atoms with Crippen LogP contribution in [-0.2, 0) is 6.54 Å². The van der Waals surface area contributed by atoms with Gasteiger partial charge in [-0.15, -0.1) is 0 Å². The summed E-state index contributed by atoms with van der Waals surface area (Å²) in [4.78, 5) is 62.1. The van der Waals surface area contributed by atoms with E-state index >= 15 is 0 Å². The number of nitrogens with two attached hydrogens (primary N) is 1. The van der Waals surface area contributed by atoms with Gasteiger partial charge in [-0.25, -0.2) is 18.7 Å². The smallest absolute Gasteiger partial charge is 0.354 e. The molecule has 6 N–H and O–H groups in total. The first-order valence-corrected chi connectivity index (χ1v) is 8.94. The van der Waals surface area contributed by atoms with Crippen LogP contribution in [0.4, 0.5) is 21.5 Å². The number of H-pyrrole nitrogens is 1. The van der Waals surface area contributed by atoms with Gasteiger partial charge in [-0.1, -0.05) is 6.07 Å². The van der Waals surface area contributed by atoms with E-state index in [0.717, 1.165) is 22.7 Å². The molecule has 0 unspecified atom stereocenters. The largest absolute Gasteiger partial charge is 0.477 e. The Balaban J connectivity index is 1.54. The van der Waals surface area contributed by atoms with Crippen LogP contribution < -0.4 is 32.8 Å². The number of amides is 1. The molecule has 4 rings (SSSR count). The second kappa shape index (κ2) is 7.46. The molecule has 0 atom stereocenters. The van der Waals surface area contributed by atoms with E-state index in [1.54, 1.807) is 0 Å². The van der Waals surface area contributed by atoms with Crippen molar-refractivity contribution in [1.29, 1.82) is 0 Å². The highest BCUT2D eigenvalue weighted by atomic mass is 19.1. The summed E-state index contributed by atoms with van der Waals surface area (Å²) in [6, 6.07) is 5.79. The Kier molecular flexibility index (Phi) is 4.77. The molecule has 12 nitrogen and oxygen atoms in total. The van der Waals surface area contributed by atoms with E-state index in [-0.39, 0.29) is 40.6 Å². The number of aromatic nitrogens is 3. The first-order valence-electron chi connectivity index (χ1n) is 8.94. The average molecular weight is 440 g/mol. The van der Waals surface area contributed by atoms with Gasteiger partial charge in [-0.05, 0) is 17.7 Å². The second-order valence-corrected chi connectivity index (χ2v) is 6.71. The third kappa shape index (κ3) is 3.47. The van der Waals surface area contributed by atoms with Crippen molar-refractivity contribution in [1.82, 2.24) is 19.9 Å². The molecule has 0 radical (unpaired) electrons. The zero-order valence-corrected chi connectivity index (χ0v) is 15.9. The average Bonchev–Trinajstić information content (AvgIpc) is 3.15. The lowest BCUT2D eigenvalue weighted by molar-refractivity contribution is 0.0687. The number of nitrogen functional groups attached to an aromatic ring is 1. The van der Waals surface area contributed by atoms with Gasteiger partial charge < -0.3 is 21.5 Å². The highest BCUT2D eigenvalue weighted by molar-refractivity contribution is 5.96. The molecule has 0 saturated heterocycles. The van der Waals surface area contributed by atoms with E-state index in [4.69, 9.17) is 5.73 Å². The van der Waals surface area contributed by atoms with E-state index in [1.807, 2.05) is 0 Å². The number of aromatic amines is 1. The van der Waals surface area contributed by atoms with Crippen molar-refractivity contribution in [2.75, 3.05) is 11.1 Å². The molecule has 2 aromatic heterocycles. The molecule has 32 heavy (non-hydrogen) atoms. The Morgan fingerprint density at radius 2 is 1.91 bits per heavy atom. The number of carbonyl (C=O) groups excluding carboxylic acids is 1. The maximum absolute atomic E-state index is 14.1. The Bertz CT molecular complexity index is 1540. The van der Waals surface area contributed by atoms with Crippen molar-refractivity contribution >= 4 is 34.6 Å². The molecule has 0 aliphatic carbocycles. The summed E-state index contributed by atoms with van der Waals surface area (Å²) in [6.07, 6.45) is 0. The van der Waals surface area contributed by atoms with Gasteiger partial charge >= 0.3 is 5.97 Å². The van der Waals surface area contributed by atoms with Gasteiger partial charge in [0.15, 0.2) is 11.3 Å². The Morgan fingerprint density at radius 3 is 2.59 bits per heavy atom. The van der Waals surface area contributed by atoms with Gasteiger partial charge in [-0.2, -0.15) is 0 Å². The van der Waals surface area contributed by atoms with Crippen LogP contribution in [0.3, 0.4) is 0 Å². The number of benzene rings is 1. The van der Waals surface area contributed by atoms with Crippen LogP contribution in [0.2, 0.25) is 0 Å². The third-order valence-electron chi connectivity index (χ3n) is 4.60. The molecule has 1 amide bonds. The minimum atomic E-state index is -1.38. The molecule has 2 aromatic carbocycles. The standard InChI is InChI=1S/C19H13FN6O6/c20-8-2-1-7(3-9(8)24-15-14(21)16(28)17(15)29)6-22-18(30)10-4-11(19(31)32)26-12(23-10)5-13(27)25-26/h1-5,24H,6,21H2,(H,22,30)(H,25,27)(H,31,32). The van der Waals surface area contributed by atoms with Crippen molar-refractivity contribution < 1.29 is 19.1 Å². The molecule has 4 aromatic rings. The molecule has 162 valence electrons. The SMILES string of the molecule is Nc1c(Nc2cc(CNC(=O)c3cc(C(=O)O)n4[nH]c(=O)cc4n3)ccc2F)c(=O)c1=O. The number of carboxylic acids is 1. The number of rotatable bonds is 6. The molecular weight excluding hydrogens is 427 g/mol. The fourth-order valence-electron chi connectivity index (χ4n) is 2.99. The molecule has 13 heteroatoms. The summed E-state index contributed by atoms with van der Waals surface area (Å²) < 4.78 is 15.0. The van der Waals surface area contributed by atoms with Crippen molar-refractivity contribution in [2.24, 2.45) is 0 Å². The predicted octanol–water partition coefficient (Wildman–Crippen LogP) is -0.288. The Morgan fingerprint density at radius 1 is 1.16 bits per heavy atom. The number of fused-ring (bicyclic) bond motifs is 1. The predicted molar refractivity (Wildman–Crippen MR) is 109 cm³/mol. The number of carbonyl (C=O) groups is 2. The van der Waals surface area contributed by atoms with Crippen molar-refractivity contribution in [3.05, 3.63) is 83.9 Å². The summed E-state index contributed by atoms with van der Waals surface area (Å²) in [7, 11) is 0. The fourth-order valence-corrected chi connectivity index (χ4v) is 2.99. The number of anilines is 3. The van der Waals surface area contributed by atoms with Crippen LogP contribution in [0, 0.1) is 5.82 Å². The quantitative estimate of drug-likeness (QED) is 0.251. The minimum absolute atomic E-state index is 0.0566. The van der Waals surface area contributed by atoms with Crippen molar-refractivity contribution in [2.45, 2.75) is 6.54 Å². The number of carboxylic acid groups (broad SMARTS) is 1. The van der Waals surface area contributed by atoms with Crippen LogP contribution in [0.15, 0.2) is 44.7 Å². The molecule has 0 saturated carbocycles. The number of nitrogens with one attached hydrogen (secondary N) is 3. The van der Waals surface area contributed by atoms with Gasteiger partial charge in [0, 0.05) is 18.7 Å². The lowest BCUT2D eigenvalue weighted by atomic mass is 10.1. The summed E-state index contributed by atoms with van der Waals surface area (Å²) in [5, 5.41) is 16.5. The first-order chi connectivity index (χ1) is 15.2. The summed E-state index contributed by atoms with van der Waals surface area (Å²) in [5.41, 5.74) is 2.21. The third-order valence-corrected chi connectivity index (χ3v) is 4.60. The normalized spacial score (nSPS) is 11.0. The van der Waals surface area contributed by atoms with Gasteiger partial charge in [0.2, 0.25) is 0 Å². The van der Waals surface area contributed by atoms with Crippen LogP contribution in [0.5, 0.6) is 0 Å². The molecular formula is C19H13FN6O6. The van der Waals surface area contributed by atoms with Crippen LogP contribution in [-0.4, -0.2) is 31.6 Å². The molecule has 0 aliphatic rings. The number of nitrogens with zero attached hydrogens (tertiary/aromatic N) is 2. The van der Waals surface area contributed by atoms with Gasteiger partial charge in [-0.3, -0.25) is 24.3 Å². The topological polar surface area (TPSA) is 189 Å². The van der Waals surface area contributed by atoms with Gasteiger partial charge in [0.05, 0.1) is 5.69 Å². The number of hydrogen-bond acceptors (Lipinski definition) is 8. The lowest BCUT2D eigenvalue weighted by Gasteiger charge is -2.12. The van der Waals surface area contributed by atoms with Crippen LogP contribution in [0.25, 0.3) is 5.65 Å². The highest BCUT2D eigenvalue weighted by Gasteiger charge is 2.20. The summed E-state index contributed by atoms with van der Waals surface area (Å²) >= 11 is 0. The Hall–Kier alpha value is -4.81. The lowest BCUT2D eigenvalue weighted by Crippen LogP contribution is -2.36. The molecule has 2 heterocycles. The second-order valence-electron chi connectivity index (χ2n) is 6.71. The molecule has 0 spiro atoms. The summed E-state index contributed by atoms with van der Waals surface area (Å²) in [6.45, 7) is -0.107. The first kappa shape index (κ1) is 20.5.